The highest BCUT2D eigenvalue weighted by Gasteiger charge is 2.37. The van der Waals surface area contributed by atoms with Crippen molar-refractivity contribution in [2.75, 3.05) is 0 Å². The first-order chi connectivity index (χ1) is 10.3. The molecule has 0 aliphatic carbocycles. The molecule has 8 heteroatoms. The van der Waals surface area contributed by atoms with Crippen LogP contribution in [0.2, 0.25) is 0 Å². The van der Waals surface area contributed by atoms with Gasteiger partial charge >= 0.3 is 5.97 Å². The number of unbranched alkanes of at least 4 members (excludes halogenated alkanes) is 4. The van der Waals surface area contributed by atoms with Crippen LogP contribution in [0.15, 0.2) is 12.3 Å². The molecule has 0 aromatic rings. The topological polar surface area (TPSA) is 147 Å². The van der Waals surface area contributed by atoms with Gasteiger partial charge in [0.2, 0.25) is 0 Å². The number of carbonyl (C=O) groups is 2. The van der Waals surface area contributed by atoms with Gasteiger partial charge in [-0.15, -0.1) is 0 Å². The molecule has 0 rings (SSSR count). The van der Waals surface area contributed by atoms with E-state index in [1.165, 1.54) is 6.20 Å². The van der Waals surface area contributed by atoms with Crippen molar-refractivity contribution in [3.8, 4) is 0 Å². The first-order valence-electron chi connectivity index (χ1n) is 7.23. The van der Waals surface area contributed by atoms with Gasteiger partial charge in [-0.1, -0.05) is 32.3 Å². The number of amides is 1. The fourth-order valence-corrected chi connectivity index (χ4v) is 1.67. The molecule has 0 heterocycles. The molecular weight excluding hydrogens is 294 g/mol. The van der Waals surface area contributed by atoms with Crippen LogP contribution in [-0.4, -0.2) is 61.8 Å². The summed E-state index contributed by atoms with van der Waals surface area (Å²) < 4.78 is 0. The minimum Gasteiger partial charge on any atom is -0.479 e. The van der Waals surface area contributed by atoms with Crippen LogP contribution in [0.3, 0.4) is 0 Å². The highest BCUT2D eigenvalue weighted by Crippen LogP contribution is 2.06. The number of carbonyl (C=O) groups excluding carboxylic acids is 1. The number of aliphatic hydroxyl groups is 4. The number of aliphatic carboxylic acids is 1. The lowest BCUT2D eigenvalue weighted by Crippen LogP contribution is -2.52. The molecule has 1 amide bonds. The molecule has 4 atom stereocenters. The van der Waals surface area contributed by atoms with Gasteiger partial charge in [0.1, 0.15) is 12.2 Å². The molecule has 0 aliphatic heterocycles. The lowest BCUT2D eigenvalue weighted by molar-refractivity contribution is -0.166. The van der Waals surface area contributed by atoms with E-state index >= 15 is 0 Å². The molecule has 0 spiro atoms. The summed E-state index contributed by atoms with van der Waals surface area (Å²) in [6.45, 7) is 2.10. The van der Waals surface area contributed by atoms with Gasteiger partial charge in [-0.2, -0.15) is 0 Å². The number of carboxylic acid groups (broad SMARTS) is 1. The second-order valence-corrected chi connectivity index (χ2v) is 4.97. The van der Waals surface area contributed by atoms with Gasteiger partial charge in [0, 0.05) is 0 Å². The number of carboxylic acids is 1. The van der Waals surface area contributed by atoms with E-state index in [0.717, 1.165) is 32.1 Å². The van der Waals surface area contributed by atoms with Gasteiger partial charge < -0.3 is 30.8 Å². The summed E-state index contributed by atoms with van der Waals surface area (Å²) in [5.41, 5.74) is 0. The Morgan fingerprint density at radius 1 is 1.00 bits per heavy atom. The van der Waals surface area contributed by atoms with E-state index in [0.29, 0.717) is 0 Å². The normalized spacial score (nSPS) is 17.0. The van der Waals surface area contributed by atoms with E-state index in [1.807, 2.05) is 0 Å². The zero-order chi connectivity index (χ0) is 17.1. The predicted octanol–water partition coefficient (Wildman–Crippen LogP) is -0.885. The maximum Gasteiger partial charge on any atom is 0.335 e. The summed E-state index contributed by atoms with van der Waals surface area (Å²) in [5, 5.41) is 48.0. The zero-order valence-electron chi connectivity index (χ0n) is 12.6. The molecule has 0 radical (unpaired) electrons. The first kappa shape index (κ1) is 20.5. The Balaban J connectivity index is 4.19. The maximum atomic E-state index is 11.5. The van der Waals surface area contributed by atoms with Gasteiger partial charge in [-0.3, -0.25) is 4.79 Å². The molecule has 0 aromatic heterocycles. The summed E-state index contributed by atoms with van der Waals surface area (Å²) in [5.74, 6) is -2.78. The third-order valence-electron chi connectivity index (χ3n) is 3.09. The Bertz CT molecular complexity index is 372. The van der Waals surface area contributed by atoms with E-state index < -0.39 is 36.3 Å². The molecule has 8 nitrogen and oxygen atoms in total. The Morgan fingerprint density at radius 2 is 1.59 bits per heavy atom. The van der Waals surface area contributed by atoms with Crippen molar-refractivity contribution in [3.63, 3.8) is 0 Å². The van der Waals surface area contributed by atoms with E-state index in [2.05, 4.69) is 12.2 Å². The first-order valence-corrected chi connectivity index (χ1v) is 7.23. The number of rotatable bonds is 11. The van der Waals surface area contributed by atoms with Gasteiger partial charge in [0.25, 0.3) is 5.91 Å². The molecule has 0 aromatic carbocycles. The Kier molecular flexibility index (Phi) is 10.4. The molecule has 0 fully saturated rings. The van der Waals surface area contributed by atoms with Crippen molar-refractivity contribution in [1.29, 1.82) is 0 Å². The van der Waals surface area contributed by atoms with E-state index in [9.17, 15) is 24.9 Å². The Morgan fingerprint density at radius 3 is 2.14 bits per heavy atom. The third kappa shape index (κ3) is 7.51. The number of aliphatic hydroxyl groups excluding tert-OH is 4. The molecule has 6 N–H and O–H groups in total. The highest BCUT2D eigenvalue weighted by molar-refractivity contribution is 5.82. The fraction of sp³-hybridized carbons (Fsp3) is 0.714. The molecule has 22 heavy (non-hydrogen) atoms. The van der Waals surface area contributed by atoms with Gasteiger partial charge in [0.05, 0.1) is 0 Å². The van der Waals surface area contributed by atoms with Crippen LogP contribution >= 0.6 is 0 Å². The smallest absolute Gasteiger partial charge is 0.335 e. The summed E-state index contributed by atoms with van der Waals surface area (Å²) in [6, 6.07) is 0. The summed E-state index contributed by atoms with van der Waals surface area (Å²) in [4.78, 5) is 21.9. The molecule has 0 bridgehead atoms. The monoisotopic (exact) mass is 319 g/mol. The minimum absolute atomic E-state index is 0.749. The van der Waals surface area contributed by atoms with Crippen LogP contribution in [0.1, 0.15) is 39.0 Å². The Hall–Kier alpha value is -1.48. The van der Waals surface area contributed by atoms with Crippen molar-refractivity contribution < 1.29 is 35.1 Å². The van der Waals surface area contributed by atoms with Crippen molar-refractivity contribution in [2.45, 2.75) is 63.4 Å². The molecule has 0 aliphatic rings. The lowest BCUT2D eigenvalue weighted by Gasteiger charge is -2.23. The standard InChI is InChI=1S/C14H25NO7/c1-2-3-4-5-6-7-8-15-13(20)11(18)9(16)10(17)12(19)14(21)22/h7-12,16-19H,2-6H2,1H3,(H,15,20)(H,21,22). The largest absolute Gasteiger partial charge is 0.479 e. The van der Waals surface area contributed by atoms with Gasteiger partial charge in [0.15, 0.2) is 12.2 Å². The molecule has 0 saturated heterocycles. The average Bonchev–Trinajstić information content (AvgIpc) is 2.50. The average molecular weight is 319 g/mol. The van der Waals surface area contributed by atoms with E-state index in [-0.39, 0.29) is 0 Å². The molecule has 4 unspecified atom stereocenters. The Labute approximate surface area is 129 Å². The predicted molar refractivity (Wildman–Crippen MR) is 77.7 cm³/mol. The zero-order valence-corrected chi connectivity index (χ0v) is 12.6. The van der Waals surface area contributed by atoms with Crippen LogP contribution in [0.25, 0.3) is 0 Å². The van der Waals surface area contributed by atoms with Crippen molar-refractivity contribution in [3.05, 3.63) is 12.3 Å². The number of hydrogen-bond acceptors (Lipinski definition) is 6. The summed E-state index contributed by atoms with van der Waals surface area (Å²) >= 11 is 0. The van der Waals surface area contributed by atoms with Crippen LogP contribution < -0.4 is 5.32 Å². The van der Waals surface area contributed by atoms with E-state index in [1.54, 1.807) is 6.08 Å². The SMILES string of the molecule is CCCCCCC=CNC(=O)C(O)C(O)C(O)C(O)C(=O)O. The number of allylic oxidation sites excluding steroid dienone is 1. The third-order valence-corrected chi connectivity index (χ3v) is 3.09. The molecule has 128 valence electrons. The van der Waals surface area contributed by atoms with Crippen molar-refractivity contribution in [1.82, 2.24) is 5.32 Å². The van der Waals surface area contributed by atoms with E-state index in [4.69, 9.17) is 10.2 Å². The summed E-state index contributed by atoms with van der Waals surface area (Å²) in [6.07, 6.45) is -0.618. The second kappa shape index (κ2) is 11.1. The minimum atomic E-state index is -2.30. The summed E-state index contributed by atoms with van der Waals surface area (Å²) in [7, 11) is 0. The maximum absolute atomic E-state index is 11.5. The van der Waals surface area contributed by atoms with Crippen LogP contribution in [-0.2, 0) is 9.59 Å². The van der Waals surface area contributed by atoms with Gasteiger partial charge in [-0.25, -0.2) is 4.79 Å². The number of hydrogen-bond donors (Lipinski definition) is 6. The van der Waals surface area contributed by atoms with Crippen molar-refractivity contribution in [2.24, 2.45) is 0 Å². The highest BCUT2D eigenvalue weighted by atomic mass is 16.4. The second-order valence-electron chi connectivity index (χ2n) is 4.97. The lowest BCUT2D eigenvalue weighted by atomic mass is 10.0. The number of nitrogens with one attached hydrogen (secondary N) is 1. The fourth-order valence-electron chi connectivity index (χ4n) is 1.67. The molecule has 0 saturated carbocycles. The van der Waals surface area contributed by atoms with Gasteiger partial charge in [-0.05, 0) is 19.0 Å². The van der Waals surface area contributed by atoms with Crippen LogP contribution in [0, 0.1) is 0 Å². The van der Waals surface area contributed by atoms with Crippen LogP contribution in [0.5, 0.6) is 0 Å². The van der Waals surface area contributed by atoms with Crippen LogP contribution in [0.4, 0.5) is 0 Å². The molecular formula is C14H25NO7. The quantitative estimate of drug-likeness (QED) is 0.271. The van der Waals surface area contributed by atoms with Crippen molar-refractivity contribution >= 4 is 11.9 Å².